The van der Waals surface area contributed by atoms with Crippen LogP contribution in [0.2, 0.25) is 0 Å². The molecular weight excluding hydrogens is 332 g/mol. The Bertz CT molecular complexity index is 729. The van der Waals surface area contributed by atoms with Gasteiger partial charge in [-0.1, -0.05) is 42.0 Å². The van der Waals surface area contributed by atoms with Gasteiger partial charge in [0, 0.05) is 0 Å². The Kier molecular flexibility index (Phi) is 5.57. The number of methoxy groups -OCH3 is 2. The van der Waals surface area contributed by atoms with Crippen LogP contribution in [0.4, 0.5) is 0 Å². The van der Waals surface area contributed by atoms with E-state index >= 15 is 0 Å². The van der Waals surface area contributed by atoms with Gasteiger partial charge in [-0.05, 0) is 42.4 Å². The van der Waals surface area contributed by atoms with Crippen LogP contribution in [0, 0.1) is 5.41 Å². The summed E-state index contributed by atoms with van der Waals surface area (Å²) in [5.41, 5.74) is 3.29. The first-order valence-corrected chi connectivity index (χ1v) is 8.78. The molecule has 0 atom stereocenters. The maximum atomic E-state index is 12.3. The van der Waals surface area contributed by atoms with Crippen molar-refractivity contribution in [2.75, 3.05) is 20.8 Å². The van der Waals surface area contributed by atoms with Crippen molar-refractivity contribution in [3.05, 3.63) is 58.7 Å². The summed E-state index contributed by atoms with van der Waals surface area (Å²) in [7, 11) is 2.62. The number of carbonyl (C=O) groups excluding carboxylic acids is 2. The maximum absolute atomic E-state index is 12.3. The third-order valence-electron chi connectivity index (χ3n) is 5.14. The van der Waals surface area contributed by atoms with E-state index in [1.165, 1.54) is 19.8 Å². The van der Waals surface area contributed by atoms with Gasteiger partial charge in [0.2, 0.25) is 0 Å². The largest absolute Gasteiger partial charge is 0.468 e. The lowest BCUT2D eigenvalue weighted by Crippen LogP contribution is -2.39. The van der Waals surface area contributed by atoms with Crippen LogP contribution in [0.5, 0.6) is 0 Å². The highest BCUT2D eigenvalue weighted by Crippen LogP contribution is 2.48. The molecule has 0 fully saturated rings. The summed E-state index contributed by atoms with van der Waals surface area (Å²) in [6.45, 7) is 1.12. The number of allylic oxidation sites excluding steroid dienone is 3. The molecule has 0 amide bonds. The molecule has 0 spiro atoms. The molecule has 0 bridgehead atoms. The molecule has 0 heterocycles. The minimum Gasteiger partial charge on any atom is -0.468 e. The molecule has 0 unspecified atom stereocenters. The zero-order valence-electron chi connectivity index (χ0n) is 15.2. The lowest BCUT2D eigenvalue weighted by atomic mass is 9.83. The number of benzene rings is 1. The molecule has 0 saturated heterocycles. The van der Waals surface area contributed by atoms with Gasteiger partial charge in [-0.3, -0.25) is 9.59 Å². The van der Waals surface area contributed by atoms with E-state index in [1.807, 2.05) is 30.3 Å². The first-order valence-electron chi connectivity index (χ1n) is 8.78. The minimum absolute atomic E-state index is 0.337. The van der Waals surface area contributed by atoms with Crippen molar-refractivity contribution in [2.45, 2.75) is 32.3 Å². The molecule has 26 heavy (non-hydrogen) atoms. The highest BCUT2D eigenvalue weighted by molar-refractivity contribution is 6.01. The van der Waals surface area contributed by atoms with Crippen molar-refractivity contribution in [1.82, 2.24) is 0 Å². The van der Waals surface area contributed by atoms with Crippen molar-refractivity contribution in [3.63, 3.8) is 0 Å². The summed E-state index contributed by atoms with van der Waals surface area (Å²) in [6.07, 6.45) is 4.52. The lowest BCUT2D eigenvalue weighted by Gasteiger charge is -2.23. The Hall–Kier alpha value is -2.40. The van der Waals surface area contributed by atoms with Gasteiger partial charge in [-0.2, -0.15) is 0 Å². The van der Waals surface area contributed by atoms with Crippen molar-refractivity contribution in [1.29, 1.82) is 0 Å². The van der Waals surface area contributed by atoms with Crippen LogP contribution in [-0.4, -0.2) is 32.8 Å². The van der Waals surface area contributed by atoms with Gasteiger partial charge < -0.3 is 14.2 Å². The van der Waals surface area contributed by atoms with Crippen LogP contribution in [-0.2, 0) is 30.4 Å². The quantitative estimate of drug-likeness (QED) is 0.578. The van der Waals surface area contributed by atoms with Crippen LogP contribution < -0.4 is 0 Å². The van der Waals surface area contributed by atoms with E-state index in [4.69, 9.17) is 14.2 Å². The Morgan fingerprint density at radius 1 is 0.962 bits per heavy atom. The molecule has 0 N–H and O–H groups in total. The summed E-state index contributed by atoms with van der Waals surface area (Å²) in [4.78, 5) is 24.6. The molecule has 0 aromatic heterocycles. The molecule has 1 aromatic rings. The van der Waals surface area contributed by atoms with E-state index in [1.54, 1.807) is 0 Å². The fourth-order valence-corrected chi connectivity index (χ4v) is 3.77. The smallest absolute Gasteiger partial charge is 0.323 e. The van der Waals surface area contributed by atoms with E-state index in [2.05, 4.69) is 6.08 Å². The van der Waals surface area contributed by atoms with Gasteiger partial charge >= 0.3 is 11.9 Å². The third-order valence-corrected chi connectivity index (χ3v) is 5.14. The van der Waals surface area contributed by atoms with E-state index in [-0.39, 0.29) is 0 Å². The van der Waals surface area contributed by atoms with E-state index in [0.29, 0.717) is 26.1 Å². The Morgan fingerprint density at radius 2 is 1.65 bits per heavy atom. The predicted octanol–water partition coefficient (Wildman–Crippen LogP) is 3.35. The minimum atomic E-state index is -1.23. The molecule has 5 nitrogen and oxygen atoms in total. The van der Waals surface area contributed by atoms with Gasteiger partial charge in [0.05, 0.1) is 27.4 Å². The van der Waals surface area contributed by atoms with Gasteiger partial charge in [0.1, 0.15) is 0 Å². The molecule has 0 saturated carbocycles. The van der Waals surface area contributed by atoms with Crippen LogP contribution in [0.1, 0.15) is 31.2 Å². The van der Waals surface area contributed by atoms with Crippen LogP contribution >= 0.6 is 0 Å². The second-order valence-electron chi connectivity index (χ2n) is 6.83. The average molecular weight is 356 g/mol. The Morgan fingerprint density at radius 3 is 2.31 bits per heavy atom. The molecule has 1 aromatic carbocycles. The van der Waals surface area contributed by atoms with Crippen LogP contribution in [0.25, 0.3) is 0 Å². The summed E-state index contributed by atoms with van der Waals surface area (Å²) >= 11 is 0. The third kappa shape index (κ3) is 3.58. The maximum Gasteiger partial charge on any atom is 0.323 e. The molecule has 0 aliphatic heterocycles. The van der Waals surface area contributed by atoms with Crippen molar-refractivity contribution in [3.8, 4) is 0 Å². The van der Waals surface area contributed by atoms with Gasteiger partial charge in [-0.15, -0.1) is 0 Å². The Balaban J connectivity index is 1.66. The SMILES string of the molecule is COC(=O)C1(C(=O)OC)CC2=C(CCC(COCc3ccccc3)=C2)C1. The zero-order chi connectivity index (χ0) is 18.6. The molecule has 2 aliphatic carbocycles. The highest BCUT2D eigenvalue weighted by Gasteiger charge is 2.53. The van der Waals surface area contributed by atoms with E-state index in [0.717, 1.165) is 29.6 Å². The molecule has 3 rings (SSSR count). The van der Waals surface area contributed by atoms with Gasteiger partial charge in [0.25, 0.3) is 0 Å². The monoisotopic (exact) mass is 356 g/mol. The number of hydrogen-bond acceptors (Lipinski definition) is 5. The molecule has 138 valence electrons. The van der Waals surface area contributed by atoms with Crippen molar-refractivity contribution >= 4 is 11.9 Å². The first kappa shape index (κ1) is 18.4. The number of ether oxygens (including phenoxy) is 3. The summed E-state index contributed by atoms with van der Waals surface area (Å²) in [6, 6.07) is 10.0. The summed E-state index contributed by atoms with van der Waals surface area (Å²) in [5, 5.41) is 0. The average Bonchev–Trinajstić information content (AvgIpc) is 3.07. The molecule has 5 heteroatoms. The van der Waals surface area contributed by atoms with Crippen LogP contribution in [0.15, 0.2) is 53.1 Å². The fraction of sp³-hybridized carbons (Fsp3) is 0.429. The summed E-state index contributed by atoms with van der Waals surface area (Å²) in [5.74, 6) is -1.04. The van der Waals surface area contributed by atoms with E-state index in [9.17, 15) is 9.59 Å². The number of hydrogen-bond donors (Lipinski definition) is 0. The number of esters is 2. The number of rotatable bonds is 6. The highest BCUT2D eigenvalue weighted by atomic mass is 16.5. The summed E-state index contributed by atoms with van der Waals surface area (Å²) < 4.78 is 15.6. The normalized spacial score (nSPS) is 18.2. The lowest BCUT2D eigenvalue weighted by molar-refractivity contribution is -0.168. The number of carbonyl (C=O) groups is 2. The topological polar surface area (TPSA) is 61.8 Å². The van der Waals surface area contributed by atoms with Gasteiger partial charge in [0.15, 0.2) is 5.41 Å². The first-order chi connectivity index (χ1) is 12.6. The van der Waals surface area contributed by atoms with Crippen molar-refractivity contribution in [2.24, 2.45) is 5.41 Å². The molecular formula is C21H24O5. The predicted molar refractivity (Wildman–Crippen MR) is 96.1 cm³/mol. The molecule has 2 aliphatic rings. The standard InChI is InChI=1S/C21H24O5/c1-24-19(22)21(20(23)25-2)11-17-9-8-16(10-18(17)12-21)14-26-13-15-6-4-3-5-7-15/h3-7,10H,8-9,11-14H2,1-2H3. The second kappa shape index (κ2) is 7.87. The second-order valence-corrected chi connectivity index (χ2v) is 6.83. The van der Waals surface area contributed by atoms with E-state index < -0.39 is 17.4 Å². The van der Waals surface area contributed by atoms with Gasteiger partial charge in [-0.25, -0.2) is 0 Å². The van der Waals surface area contributed by atoms with Crippen molar-refractivity contribution < 1.29 is 23.8 Å². The fourth-order valence-electron chi connectivity index (χ4n) is 3.77. The molecule has 0 radical (unpaired) electrons. The van der Waals surface area contributed by atoms with Crippen LogP contribution in [0.3, 0.4) is 0 Å². The zero-order valence-corrected chi connectivity index (χ0v) is 15.2. The Labute approximate surface area is 153 Å².